The van der Waals surface area contributed by atoms with E-state index in [2.05, 4.69) is 55.8 Å². The van der Waals surface area contributed by atoms with Crippen molar-refractivity contribution in [3.8, 4) is 23.3 Å². The maximum atomic E-state index is 5.00. The zero-order valence-electron chi connectivity index (χ0n) is 16.9. The highest BCUT2D eigenvalue weighted by molar-refractivity contribution is 5.66. The van der Waals surface area contributed by atoms with Crippen LogP contribution in [0.1, 0.15) is 33.0 Å². The Bertz CT molecular complexity index is 1240. The predicted molar refractivity (Wildman–Crippen MR) is 108 cm³/mol. The second kappa shape index (κ2) is 5.91. The summed E-state index contributed by atoms with van der Waals surface area (Å²) in [5, 5.41) is 8.66. The van der Waals surface area contributed by atoms with Crippen molar-refractivity contribution < 1.29 is 0 Å². The maximum Gasteiger partial charge on any atom is 0.237 e. The normalized spacial score (nSPS) is 21.7. The number of rotatable bonds is 3. The molecule has 2 atom stereocenters. The van der Waals surface area contributed by atoms with Gasteiger partial charge in [-0.25, -0.2) is 19.9 Å². The first kappa shape index (κ1) is 17.2. The van der Waals surface area contributed by atoms with Gasteiger partial charge in [0.25, 0.3) is 0 Å². The number of anilines is 1. The first-order valence-corrected chi connectivity index (χ1v) is 9.99. The van der Waals surface area contributed by atoms with Crippen molar-refractivity contribution in [3.05, 3.63) is 49.2 Å². The lowest BCUT2D eigenvalue weighted by atomic mass is 10.1. The molecule has 150 valence electrons. The monoisotopic (exact) mass is 400 g/mol. The number of hydrogen-bond donors (Lipinski definition) is 0. The Morgan fingerprint density at radius 3 is 2.60 bits per heavy atom. The van der Waals surface area contributed by atoms with E-state index in [0.29, 0.717) is 23.5 Å². The van der Waals surface area contributed by atoms with Crippen LogP contribution in [-0.2, 0) is 5.54 Å². The molecule has 0 radical (unpaired) electrons. The van der Waals surface area contributed by atoms with Crippen LogP contribution >= 0.6 is 0 Å². The Morgan fingerprint density at radius 1 is 1.07 bits per heavy atom. The third kappa shape index (κ3) is 2.15. The molecule has 4 aromatic rings. The van der Waals surface area contributed by atoms with Crippen LogP contribution in [0.3, 0.4) is 0 Å². The molecule has 30 heavy (non-hydrogen) atoms. The van der Waals surface area contributed by atoms with Crippen molar-refractivity contribution in [2.45, 2.75) is 38.8 Å². The number of imidazole rings is 1. The van der Waals surface area contributed by atoms with Crippen LogP contribution in [0.2, 0.25) is 0 Å². The lowest BCUT2D eigenvalue weighted by Crippen LogP contribution is -2.47. The van der Waals surface area contributed by atoms with Crippen molar-refractivity contribution in [3.63, 3.8) is 0 Å². The van der Waals surface area contributed by atoms with E-state index in [0.717, 1.165) is 23.8 Å². The van der Waals surface area contributed by atoms with Gasteiger partial charge in [0.15, 0.2) is 23.3 Å². The quantitative estimate of drug-likeness (QED) is 0.515. The summed E-state index contributed by atoms with van der Waals surface area (Å²) in [7, 11) is 0. The van der Waals surface area contributed by atoms with Gasteiger partial charge in [0.2, 0.25) is 5.95 Å². The molecule has 0 unspecified atom stereocenters. The van der Waals surface area contributed by atoms with E-state index in [9.17, 15) is 0 Å². The molecule has 5 heterocycles. The van der Waals surface area contributed by atoms with E-state index >= 15 is 0 Å². The van der Waals surface area contributed by atoms with Crippen LogP contribution < -0.4 is 4.90 Å². The van der Waals surface area contributed by atoms with Gasteiger partial charge in [0.1, 0.15) is 17.6 Å². The lowest BCUT2D eigenvalue weighted by molar-refractivity contribution is 0.467. The molecule has 0 amide bonds. The minimum Gasteiger partial charge on any atom is -0.339 e. The minimum atomic E-state index is -0.177. The van der Waals surface area contributed by atoms with E-state index in [1.807, 2.05) is 21.5 Å². The number of aromatic nitrogens is 9. The van der Waals surface area contributed by atoms with E-state index < -0.39 is 0 Å². The van der Waals surface area contributed by atoms with Crippen molar-refractivity contribution >= 4 is 5.82 Å². The van der Waals surface area contributed by atoms with Gasteiger partial charge >= 0.3 is 0 Å². The van der Waals surface area contributed by atoms with Gasteiger partial charge < -0.3 is 4.90 Å². The molecule has 1 spiro atoms. The van der Waals surface area contributed by atoms with Crippen LogP contribution in [0.4, 0.5) is 5.82 Å². The zero-order chi connectivity index (χ0) is 20.5. The average molecular weight is 400 g/mol. The molecule has 1 fully saturated rings. The molecular formula is C20H20N10. The van der Waals surface area contributed by atoms with Gasteiger partial charge in [-0.2, -0.15) is 4.98 Å². The third-order valence-corrected chi connectivity index (χ3v) is 6.00. The third-order valence-electron chi connectivity index (χ3n) is 6.00. The first-order chi connectivity index (χ1) is 14.6. The SMILES string of the molecule is CC(C)N1c2nc(-n3ccnc3-c3ncccn3)ncc2-n2cnnc2[C@@]12C[C@@H]2C. The molecular weight excluding hydrogens is 380 g/mol. The van der Waals surface area contributed by atoms with Gasteiger partial charge in [-0.1, -0.05) is 6.92 Å². The Kier molecular flexibility index (Phi) is 3.39. The summed E-state index contributed by atoms with van der Waals surface area (Å²) in [4.78, 5) is 25.1. The molecule has 10 nitrogen and oxygen atoms in total. The summed E-state index contributed by atoms with van der Waals surface area (Å²) in [6.07, 6.45) is 11.5. The lowest BCUT2D eigenvalue weighted by Gasteiger charge is -2.41. The molecule has 1 saturated carbocycles. The first-order valence-electron chi connectivity index (χ1n) is 9.99. The summed E-state index contributed by atoms with van der Waals surface area (Å²) < 4.78 is 3.84. The molecule has 0 aromatic carbocycles. The Balaban J connectivity index is 1.55. The molecule has 0 saturated heterocycles. The topological polar surface area (TPSA) is 103 Å². The van der Waals surface area contributed by atoms with Crippen LogP contribution in [0.25, 0.3) is 23.3 Å². The highest BCUT2D eigenvalue weighted by atomic mass is 15.4. The summed E-state index contributed by atoms with van der Waals surface area (Å²) in [6, 6.07) is 2.02. The molecule has 2 aliphatic rings. The van der Waals surface area contributed by atoms with Crippen LogP contribution in [0.15, 0.2) is 43.4 Å². The van der Waals surface area contributed by atoms with E-state index in [1.54, 1.807) is 31.0 Å². The van der Waals surface area contributed by atoms with Gasteiger partial charge in [-0.3, -0.25) is 9.13 Å². The fourth-order valence-corrected chi connectivity index (χ4v) is 4.63. The summed E-state index contributed by atoms with van der Waals surface area (Å²) in [6.45, 7) is 6.62. The van der Waals surface area contributed by atoms with Gasteiger partial charge in [-0.15, -0.1) is 10.2 Å². The summed E-state index contributed by atoms with van der Waals surface area (Å²) >= 11 is 0. The van der Waals surface area contributed by atoms with E-state index in [-0.39, 0.29) is 11.6 Å². The molecule has 1 aliphatic carbocycles. The largest absolute Gasteiger partial charge is 0.339 e. The van der Waals surface area contributed by atoms with Crippen molar-refractivity contribution in [2.24, 2.45) is 5.92 Å². The molecule has 0 bridgehead atoms. The zero-order valence-corrected chi connectivity index (χ0v) is 16.9. The summed E-state index contributed by atoms with van der Waals surface area (Å²) in [5.74, 6) is 3.96. The highest BCUT2D eigenvalue weighted by Gasteiger charge is 2.63. The van der Waals surface area contributed by atoms with Crippen molar-refractivity contribution in [1.29, 1.82) is 0 Å². The predicted octanol–water partition coefficient (Wildman–Crippen LogP) is 2.16. The van der Waals surface area contributed by atoms with Crippen LogP contribution in [0, 0.1) is 5.92 Å². The second-order valence-electron chi connectivity index (χ2n) is 8.09. The van der Waals surface area contributed by atoms with E-state index in [1.165, 1.54) is 0 Å². The Hall–Kier alpha value is -3.69. The minimum absolute atomic E-state index is 0.177. The second-order valence-corrected chi connectivity index (χ2v) is 8.09. The van der Waals surface area contributed by atoms with Gasteiger partial charge in [-0.05, 0) is 32.3 Å². The average Bonchev–Trinajstić information content (AvgIpc) is 3.16. The number of fused-ring (bicyclic) bond motifs is 4. The molecule has 0 N–H and O–H groups in total. The smallest absolute Gasteiger partial charge is 0.237 e. The summed E-state index contributed by atoms with van der Waals surface area (Å²) in [5.41, 5.74) is 0.707. The van der Waals surface area contributed by atoms with Gasteiger partial charge in [0.05, 0.1) is 6.20 Å². The Morgan fingerprint density at radius 2 is 1.87 bits per heavy atom. The maximum absolute atomic E-state index is 5.00. The Labute approximate surface area is 172 Å². The van der Waals surface area contributed by atoms with Crippen LogP contribution in [0.5, 0.6) is 0 Å². The van der Waals surface area contributed by atoms with Crippen molar-refractivity contribution in [2.75, 3.05) is 4.90 Å². The number of hydrogen-bond acceptors (Lipinski definition) is 8. The molecule has 1 aliphatic heterocycles. The highest BCUT2D eigenvalue weighted by Crippen LogP contribution is 2.60. The molecule has 4 aromatic heterocycles. The molecule has 10 heteroatoms. The van der Waals surface area contributed by atoms with Crippen LogP contribution in [-0.4, -0.2) is 50.3 Å². The van der Waals surface area contributed by atoms with E-state index in [4.69, 9.17) is 4.98 Å². The number of nitrogens with zero attached hydrogens (tertiary/aromatic N) is 10. The standard InChI is InChI=1S/C20H20N10/c1-12(2)30-16-14(29-11-25-27-18(29)20(30)9-13(20)3)10-24-19(26-16)28-8-7-23-17(28)15-21-5-4-6-22-15/h4-8,10-13H,9H2,1-3H3/t13-,20-/m0/s1. The fraction of sp³-hybridized carbons (Fsp3) is 0.350. The fourth-order valence-electron chi connectivity index (χ4n) is 4.63. The molecule has 6 rings (SSSR count). The van der Waals surface area contributed by atoms with Crippen molar-refractivity contribution in [1.82, 2.24) is 44.3 Å². The van der Waals surface area contributed by atoms with Gasteiger partial charge in [0, 0.05) is 30.8 Å².